The van der Waals surface area contributed by atoms with E-state index in [1.807, 2.05) is 11.1 Å². The van der Waals surface area contributed by atoms with Gasteiger partial charge in [0.15, 0.2) is 6.19 Å². The Morgan fingerprint density at radius 1 is 1.43 bits per heavy atom. The maximum Gasteiger partial charge on any atom is 0.414 e. The van der Waals surface area contributed by atoms with E-state index in [-0.39, 0.29) is 18.9 Å². The Morgan fingerprint density at radius 3 is 2.82 bits per heavy atom. The second kappa shape index (κ2) is 8.75. The van der Waals surface area contributed by atoms with Crippen LogP contribution in [0.4, 0.5) is 20.6 Å². The van der Waals surface area contributed by atoms with Crippen LogP contribution in [-0.4, -0.2) is 76.5 Å². The monoisotopic (exact) mass is 390 g/mol. The van der Waals surface area contributed by atoms with Gasteiger partial charge in [0.25, 0.3) is 0 Å². The van der Waals surface area contributed by atoms with Crippen LogP contribution in [0.5, 0.6) is 0 Å². The molecule has 2 heterocycles. The van der Waals surface area contributed by atoms with Gasteiger partial charge in [0.1, 0.15) is 11.9 Å². The van der Waals surface area contributed by atoms with Crippen molar-refractivity contribution in [2.45, 2.75) is 6.10 Å². The first kappa shape index (κ1) is 19.7. The molecule has 28 heavy (non-hydrogen) atoms. The molecule has 2 saturated heterocycles. The minimum atomic E-state index is -0.543. The molecule has 2 aliphatic heterocycles. The molecule has 1 atom stereocenters. The van der Waals surface area contributed by atoms with Gasteiger partial charge in [-0.25, -0.2) is 14.2 Å². The van der Waals surface area contributed by atoms with Gasteiger partial charge < -0.3 is 19.3 Å². The van der Waals surface area contributed by atoms with Crippen LogP contribution < -0.4 is 15.1 Å². The Labute approximate surface area is 162 Å². The number of cyclic esters (lactones) is 1. The third-order valence-corrected chi connectivity index (χ3v) is 4.50. The largest absolute Gasteiger partial charge is 0.442 e. The summed E-state index contributed by atoms with van der Waals surface area (Å²) < 4.78 is 25.2. The first-order valence-electron chi connectivity index (χ1n) is 8.97. The van der Waals surface area contributed by atoms with E-state index in [2.05, 4.69) is 10.3 Å². The van der Waals surface area contributed by atoms with Crippen molar-refractivity contribution < 1.29 is 18.7 Å². The Hall–Kier alpha value is -3.06. The number of carbonyl (C=O) groups excluding carboxylic acids is 1. The Kier molecular flexibility index (Phi) is 6.16. The van der Waals surface area contributed by atoms with Crippen LogP contribution in [0.25, 0.3) is 0 Å². The summed E-state index contributed by atoms with van der Waals surface area (Å²) in [6.07, 6.45) is 0.788. The number of morpholine rings is 1. The lowest BCUT2D eigenvalue weighted by Gasteiger charge is -2.29. The van der Waals surface area contributed by atoms with Crippen molar-refractivity contribution >= 4 is 23.4 Å². The van der Waals surface area contributed by atoms with E-state index in [0.717, 1.165) is 0 Å². The van der Waals surface area contributed by atoms with E-state index in [1.165, 1.54) is 11.0 Å². The van der Waals surface area contributed by atoms with Gasteiger partial charge in [0.05, 0.1) is 37.7 Å². The van der Waals surface area contributed by atoms with Crippen molar-refractivity contribution in [2.75, 3.05) is 63.3 Å². The van der Waals surface area contributed by atoms with Crippen molar-refractivity contribution in [1.82, 2.24) is 10.2 Å². The number of benzene rings is 1. The number of hydrogen-bond acceptors (Lipinski definition) is 6. The molecule has 1 amide bonds. The van der Waals surface area contributed by atoms with Gasteiger partial charge in [0, 0.05) is 27.2 Å². The number of nitriles is 1. The van der Waals surface area contributed by atoms with Gasteiger partial charge in [-0.1, -0.05) is 0 Å². The van der Waals surface area contributed by atoms with Crippen molar-refractivity contribution in [1.29, 1.82) is 5.26 Å². The van der Waals surface area contributed by atoms with Gasteiger partial charge in [-0.3, -0.25) is 10.2 Å². The number of rotatable bonds is 4. The molecular formula is C18H23FN6O3. The summed E-state index contributed by atoms with van der Waals surface area (Å²) in [4.78, 5) is 21.4. The number of anilines is 2. The first-order chi connectivity index (χ1) is 13.5. The van der Waals surface area contributed by atoms with E-state index in [0.29, 0.717) is 43.6 Å². The second-order valence-corrected chi connectivity index (χ2v) is 6.65. The topological polar surface area (TPSA) is 93.4 Å². The molecule has 2 aliphatic rings. The van der Waals surface area contributed by atoms with Crippen LogP contribution in [0, 0.1) is 17.3 Å². The molecule has 0 spiro atoms. The summed E-state index contributed by atoms with van der Waals surface area (Å²) in [5.41, 5.74) is 0.938. The van der Waals surface area contributed by atoms with Gasteiger partial charge in [-0.2, -0.15) is 5.26 Å². The number of guanidine groups is 1. The minimum Gasteiger partial charge on any atom is -0.442 e. The molecule has 3 rings (SSSR count). The molecule has 1 unspecified atom stereocenters. The predicted octanol–water partition coefficient (Wildman–Crippen LogP) is 0.976. The van der Waals surface area contributed by atoms with Crippen molar-refractivity contribution in [2.24, 2.45) is 4.99 Å². The van der Waals surface area contributed by atoms with Crippen LogP contribution in [-0.2, 0) is 9.47 Å². The summed E-state index contributed by atoms with van der Waals surface area (Å²) in [6.45, 7) is 2.85. The SMILES string of the molecule is CN(C)C(=NCC1CN(c2ccc(N3CCOCC3)c(F)c2)C(=O)O1)NC#N. The Bertz CT molecular complexity index is 788. The fraction of sp³-hybridized carbons (Fsp3) is 0.500. The molecule has 1 aromatic rings. The molecule has 0 radical (unpaired) electrons. The average molecular weight is 390 g/mol. The molecule has 0 aliphatic carbocycles. The Morgan fingerprint density at radius 2 is 2.18 bits per heavy atom. The zero-order valence-corrected chi connectivity index (χ0v) is 15.9. The quantitative estimate of drug-likeness (QED) is 0.354. The fourth-order valence-corrected chi connectivity index (χ4v) is 3.08. The molecular weight excluding hydrogens is 367 g/mol. The van der Waals surface area contributed by atoms with Crippen LogP contribution in [0.1, 0.15) is 0 Å². The van der Waals surface area contributed by atoms with Crippen molar-refractivity contribution in [3.63, 3.8) is 0 Å². The summed E-state index contributed by atoms with van der Waals surface area (Å²) in [5.74, 6) is -0.0142. The van der Waals surface area contributed by atoms with Gasteiger partial charge in [0.2, 0.25) is 5.96 Å². The molecule has 2 fully saturated rings. The second-order valence-electron chi connectivity index (χ2n) is 6.65. The predicted molar refractivity (Wildman–Crippen MR) is 102 cm³/mol. The highest BCUT2D eigenvalue weighted by Gasteiger charge is 2.33. The van der Waals surface area contributed by atoms with Crippen molar-refractivity contribution in [3.05, 3.63) is 24.0 Å². The van der Waals surface area contributed by atoms with Crippen LogP contribution in [0.2, 0.25) is 0 Å². The number of nitrogens with zero attached hydrogens (tertiary/aromatic N) is 5. The third-order valence-electron chi connectivity index (χ3n) is 4.50. The fourth-order valence-electron chi connectivity index (χ4n) is 3.08. The first-order valence-corrected chi connectivity index (χ1v) is 8.97. The molecule has 1 aromatic carbocycles. The lowest BCUT2D eigenvalue weighted by molar-refractivity contribution is 0.122. The normalized spacial score (nSPS) is 20.0. The highest BCUT2D eigenvalue weighted by atomic mass is 19.1. The van der Waals surface area contributed by atoms with Gasteiger partial charge in [-0.05, 0) is 18.2 Å². The molecule has 10 heteroatoms. The maximum atomic E-state index is 14.6. The summed E-state index contributed by atoms with van der Waals surface area (Å²) >= 11 is 0. The van der Waals surface area contributed by atoms with Crippen LogP contribution in [0.3, 0.4) is 0 Å². The lowest BCUT2D eigenvalue weighted by atomic mass is 10.2. The third kappa shape index (κ3) is 4.43. The number of carbonyl (C=O) groups is 1. The number of aliphatic imine (C=N–C) groups is 1. The summed E-state index contributed by atoms with van der Waals surface area (Å²) in [7, 11) is 3.49. The van der Waals surface area contributed by atoms with Gasteiger partial charge >= 0.3 is 6.09 Å². The average Bonchev–Trinajstić information content (AvgIpc) is 3.06. The Balaban J connectivity index is 1.67. The van der Waals surface area contributed by atoms with Crippen LogP contribution in [0.15, 0.2) is 23.2 Å². The smallest absolute Gasteiger partial charge is 0.414 e. The number of nitrogens with one attached hydrogen (secondary N) is 1. The standard InChI is InChI=1S/C18H23FN6O3/c1-23(2)17(22-12-20)21-10-14-11-25(18(26)28-14)13-3-4-16(15(19)9-13)24-5-7-27-8-6-24/h3-4,9,14H,5-8,10-11H2,1-2H3,(H,21,22). The van der Waals surface area contributed by atoms with Crippen molar-refractivity contribution in [3.8, 4) is 6.19 Å². The van der Waals surface area contributed by atoms with E-state index in [9.17, 15) is 9.18 Å². The van der Waals surface area contributed by atoms with E-state index < -0.39 is 12.2 Å². The molecule has 150 valence electrons. The lowest BCUT2D eigenvalue weighted by Crippen LogP contribution is -2.36. The minimum absolute atomic E-state index is 0.193. The van der Waals surface area contributed by atoms with Crippen LogP contribution >= 0.6 is 0 Å². The number of halogens is 1. The summed E-state index contributed by atoms with van der Waals surface area (Å²) in [5, 5.41) is 11.2. The molecule has 1 N–H and O–H groups in total. The highest BCUT2D eigenvalue weighted by Crippen LogP contribution is 2.28. The maximum absolute atomic E-state index is 14.6. The molecule has 0 aromatic heterocycles. The number of amides is 1. The van der Waals surface area contributed by atoms with E-state index in [1.54, 1.807) is 31.1 Å². The number of hydrogen-bond donors (Lipinski definition) is 1. The highest BCUT2D eigenvalue weighted by molar-refractivity contribution is 5.90. The number of ether oxygens (including phenoxy) is 2. The van der Waals surface area contributed by atoms with E-state index >= 15 is 0 Å². The summed E-state index contributed by atoms with van der Waals surface area (Å²) in [6, 6.07) is 4.74. The van der Waals surface area contributed by atoms with E-state index in [4.69, 9.17) is 14.7 Å². The molecule has 0 saturated carbocycles. The van der Waals surface area contributed by atoms with Gasteiger partial charge in [-0.15, -0.1) is 0 Å². The molecule has 0 bridgehead atoms. The molecule has 9 nitrogen and oxygen atoms in total. The zero-order chi connectivity index (χ0) is 20.1. The zero-order valence-electron chi connectivity index (χ0n) is 15.9.